The molecule has 3 N–H and O–H groups in total. The third-order valence-electron chi connectivity index (χ3n) is 4.78. The molecule has 8 heteroatoms. The van der Waals surface area contributed by atoms with Gasteiger partial charge in [0.2, 0.25) is 16.0 Å². The van der Waals surface area contributed by atoms with Gasteiger partial charge in [-0.2, -0.15) is 0 Å². The maximum Gasteiger partial charge on any atom is 0.256 e. The van der Waals surface area contributed by atoms with Gasteiger partial charge < -0.3 is 11.1 Å². The molecule has 4 aromatic rings. The van der Waals surface area contributed by atoms with E-state index in [1.807, 2.05) is 36.4 Å². The number of carbonyl (C=O) groups is 1. The van der Waals surface area contributed by atoms with Gasteiger partial charge in [0.25, 0.3) is 5.91 Å². The van der Waals surface area contributed by atoms with E-state index in [4.69, 9.17) is 5.73 Å². The van der Waals surface area contributed by atoms with Crippen molar-refractivity contribution in [1.82, 2.24) is 8.96 Å². The van der Waals surface area contributed by atoms with Crippen LogP contribution >= 0.6 is 0 Å². The van der Waals surface area contributed by atoms with Gasteiger partial charge >= 0.3 is 0 Å². The Labute approximate surface area is 168 Å². The fourth-order valence-electron chi connectivity index (χ4n) is 3.25. The number of aromatic nitrogens is 2. The molecule has 0 spiro atoms. The summed E-state index contributed by atoms with van der Waals surface area (Å²) in [5.74, 6) is -0.391. The van der Waals surface area contributed by atoms with Crippen molar-refractivity contribution in [1.29, 1.82) is 0 Å². The molecule has 29 heavy (non-hydrogen) atoms. The highest BCUT2D eigenvalue weighted by Gasteiger charge is 2.24. The molecule has 0 aliphatic rings. The van der Waals surface area contributed by atoms with Gasteiger partial charge in [-0.1, -0.05) is 36.4 Å². The van der Waals surface area contributed by atoms with E-state index in [0.29, 0.717) is 22.3 Å². The van der Waals surface area contributed by atoms with Crippen molar-refractivity contribution in [3.8, 4) is 0 Å². The molecule has 0 aliphatic carbocycles. The molecule has 0 unspecified atom stereocenters. The largest absolute Gasteiger partial charge is 0.368 e. The molecule has 0 bridgehead atoms. The minimum absolute atomic E-state index is 0.105. The van der Waals surface area contributed by atoms with E-state index in [0.717, 1.165) is 14.7 Å². The number of benzene rings is 3. The van der Waals surface area contributed by atoms with E-state index in [9.17, 15) is 13.2 Å². The minimum atomic E-state index is -3.70. The Balaban J connectivity index is 1.76. The molecule has 3 aromatic carbocycles. The van der Waals surface area contributed by atoms with Crippen LogP contribution in [0.15, 0.2) is 60.7 Å². The average molecular weight is 408 g/mol. The number of rotatable bonds is 4. The number of imidazole rings is 1. The number of carbonyl (C=O) groups excluding carboxylic acids is 1. The fourth-order valence-corrected chi connectivity index (χ4v) is 4.39. The summed E-state index contributed by atoms with van der Waals surface area (Å²) in [5.41, 5.74) is 7.62. The highest BCUT2D eigenvalue weighted by molar-refractivity contribution is 7.90. The van der Waals surface area contributed by atoms with E-state index in [1.165, 1.54) is 0 Å². The molecule has 0 saturated carbocycles. The number of nitrogens with zero attached hydrogens (tertiary/aromatic N) is 2. The molecular formula is C21H20N4O3S. The van der Waals surface area contributed by atoms with Crippen LogP contribution in [-0.2, 0) is 10.0 Å². The zero-order valence-corrected chi connectivity index (χ0v) is 16.8. The lowest BCUT2D eigenvalue weighted by Crippen LogP contribution is -2.23. The lowest BCUT2D eigenvalue weighted by Gasteiger charge is -2.12. The van der Waals surface area contributed by atoms with Crippen molar-refractivity contribution in [2.45, 2.75) is 19.1 Å². The van der Waals surface area contributed by atoms with Crippen LogP contribution in [0.3, 0.4) is 0 Å². The molecule has 148 valence electrons. The summed E-state index contributed by atoms with van der Waals surface area (Å²) < 4.78 is 26.4. The van der Waals surface area contributed by atoms with E-state index in [1.54, 1.807) is 38.1 Å². The molecule has 0 radical (unpaired) electrons. The molecule has 1 heterocycles. The van der Waals surface area contributed by atoms with E-state index < -0.39 is 15.3 Å². The Morgan fingerprint density at radius 1 is 1.07 bits per heavy atom. The highest BCUT2D eigenvalue weighted by atomic mass is 32.2. The number of nitrogens with one attached hydrogen (secondary N) is 1. The second-order valence-electron chi connectivity index (χ2n) is 7.01. The van der Waals surface area contributed by atoms with E-state index in [-0.39, 0.29) is 11.9 Å². The van der Waals surface area contributed by atoms with Crippen molar-refractivity contribution >= 4 is 49.4 Å². The maximum atomic E-state index is 12.9. The van der Waals surface area contributed by atoms with Gasteiger partial charge in [-0.05, 0) is 48.9 Å². The van der Waals surface area contributed by atoms with Crippen LogP contribution < -0.4 is 11.1 Å². The van der Waals surface area contributed by atoms with Gasteiger partial charge in [0.15, 0.2) is 0 Å². The van der Waals surface area contributed by atoms with Crippen molar-refractivity contribution in [3.05, 3.63) is 66.2 Å². The number of nitrogen functional groups attached to an aromatic ring is 1. The number of hydrogen-bond donors (Lipinski definition) is 2. The lowest BCUT2D eigenvalue weighted by molar-refractivity contribution is 0.102. The quantitative estimate of drug-likeness (QED) is 0.536. The first-order chi connectivity index (χ1) is 13.8. The van der Waals surface area contributed by atoms with Gasteiger partial charge in [-0.3, -0.25) is 4.79 Å². The molecule has 1 amide bonds. The molecule has 0 atom stereocenters. The van der Waals surface area contributed by atoms with Crippen LogP contribution in [0.5, 0.6) is 0 Å². The van der Waals surface area contributed by atoms with Crippen LogP contribution in [0.1, 0.15) is 24.2 Å². The summed E-state index contributed by atoms with van der Waals surface area (Å²) in [5, 5.41) is 3.97. The van der Waals surface area contributed by atoms with Crippen LogP contribution in [0.4, 0.5) is 11.6 Å². The number of hydrogen-bond acceptors (Lipinski definition) is 5. The molecule has 0 saturated heterocycles. The summed E-state index contributed by atoms with van der Waals surface area (Å²) >= 11 is 0. The Kier molecular flexibility index (Phi) is 4.50. The van der Waals surface area contributed by atoms with E-state index in [2.05, 4.69) is 10.3 Å². The second kappa shape index (κ2) is 6.89. The third-order valence-corrected chi connectivity index (χ3v) is 6.86. The van der Waals surface area contributed by atoms with Crippen LogP contribution in [0.25, 0.3) is 21.8 Å². The number of nitrogens with two attached hydrogens (primary N) is 1. The Bertz CT molecular complexity index is 1350. The summed E-state index contributed by atoms with van der Waals surface area (Å²) in [7, 11) is -3.70. The second-order valence-corrected chi connectivity index (χ2v) is 9.35. The van der Waals surface area contributed by atoms with Crippen LogP contribution in [0.2, 0.25) is 0 Å². The maximum absolute atomic E-state index is 12.9. The summed E-state index contributed by atoms with van der Waals surface area (Å²) in [4.78, 5) is 17.0. The minimum Gasteiger partial charge on any atom is -0.368 e. The summed E-state index contributed by atoms with van der Waals surface area (Å²) in [6, 6.07) is 18.0. The number of amides is 1. The van der Waals surface area contributed by atoms with Crippen LogP contribution in [0, 0.1) is 0 Å². The molecular weight excluding hydrogens is 388 g/mol. The highest BCUT2D eigenvalue weighted by Crippen LogP contribution is 2.26. The van der Waals surface area contributed by atoms with E-state index >= 15 is 0 Å². The zero-order chi connectivity index (χ0) is 20.8. The Morgan fingerprint density at radius 2 is 1.79 bits per heavy atom. The van der Waals surface area contributed by atoms with Crippen LogP contribution in [-0.4, -0.2) is 28.5 Å². The van der Waals surface area contributed by atoms with Crippen molar-refractivity contribution < 1.29 is 13.2 Å². The first kappa shape index (κ1) is 18.9. The van der Waals surface area contributed by atoms with Crippen molar-refractivity contribution in [3.63, 3.8) is 0 Å². The normalized spacial score (nSPS) is 12.0. The predicted molar refractivity (Wildman–Crippen MR) is 116 cm³/mol. The number of fused-ring (bicyclic) bond motifs is 2. The zero-order valence-electron chi connectivity index (χ0n) is 16.0. The van der Waals surface area contributed by atoms with Gasteiger partial charge in [0.05, 0.1) is 16.3 Å². The molecule has 0 fully saturated rings. The molecule has 0 aliphatic heterocycles. The van der Waals surface area contributed by atoms with Crippen molar-refractivity contribution in [2.24, 2.45) is 0 Å². The molecule has 1 aromatic heterocycles. The first-order valence-electron chi connectivity index (χ1n) is 9.10. The SMILES string of the molecule is CC(C)S(=O)(=O)n1c(N)nc2ccc(NC(=O)c3cccc4ccccc34)cc21. The predicted octanol–water partition coefficient (Wildman–Crippen LogP) is 3.61. The van der Waals surface area contributed by atoms with Gasteiger partial charge in [-0.15, -0.1) is 0 Å². The fraction of sp³-hybridized carbons (Fsp3) is 0.143. The monoisotopic (exact) mass is 408 g/mol. The molecule has 7 nitrogen and oxygen atoms in total. The van der Waals surface area contributed by atoms with Gasteiger partial charge in [-0.25, -0.2) is 17.4 Å². The van der Waals surface area contributed by atoms with Gasteiger partial charge in [0.1, 0.15) is 0 Å². The smallest absolute Gasteiger partial charge is 0.256 e. The lowest BCUT2D eigenvalue weighted by atomic mass is 10.0. The Hall–Kier alpha value is -3.39. The Morgan fingerprint density at radius 3 is 2.55 bits per heavy atom. The third kappa shape index (κ3) is 3.21. The number of anilines is 2. The van der Waals surface area contributed by atoms with Crippen molar-refractivity contribution in [2.75, 3.05) is 11.1 Å². The average Bonchev–Trinajstić information content (AvgIpc) is 3.03. The summed E-state index contributed by atoms with van der Waals surface area (Å²) in [6.07, 6.45) is 0. The summed E-state index contributed by atoms with van der Waals surface area (Å²) in [6.45, 7) is 3.15. The standard InChI is InChI=1S/C21H20N4O3S/c1-13(2)29(27,28)25-19-12-15(10-11-18(19)24-21(25)22)23-20(26)17-9-5-7-14-6-3-4-8-16(14)17/h3-13H,1-2H3,(H2,22,24)(H,23,26). The van der Waals surface area contributed by atoms with Gasteiger partial charge in [0, 0.05) is 11.3 Å². The molecule has 4 rings (SSSR count). The topological polar surface area (TPSA) is 107 Å². The first-order valence-corrected chi connectivity index (χ1v) is 10.6.